The highest BCUT2D eigenvalue weighted by Crippen LogP contribution is 2.11. The van der Waals surface area contributed by atoms with Gasteiger partial charge in [0.05, 0.1) is 10.8 Å². The second kappa shape index (κ2) is 6.34. The molecule has 0 saturated carbocycles. The van der Waals surface area contributed by atoms with Crippen molar-refractivity contribution < 1.29 is 14.3 Å². The third-order valence-corrected chi connectivity index (χ3v) is 1.50. The highest BCUT2D eigenvalue weighted by molar-refractivity contribution is 8.05. The van der Waals surface area contributed by atoms with Gasteiger partial charge in [0, 0.05) is 0 Å². The van der Waals surface area contributed by atoms with Crippen LogP contribution in [0.3, 0.4) is 0 Å². The van der Waals surface area contributed by atoms with Crippen molar-refractivity contribution in [1.29, 1.82) is 5.26 Å². The van der Waals surface area contributed by atoms with Crippen molar-refractivity contribution in [1.82, 2.24) is 5.32 Å². The van der Waals surface area contributed by atoms with Crippen LogP contribution >= 0.6 is 25.3 Å². The number of imide groups is 1. The summed E-state index contributed by atoms with van der Waals surface area (Å²) in [7, 11) is 0. The molecule has 0 aromatic heterocycles. The van der Waals surface area contributed by atoms with Gasteiger partial charge in [-0.3, -0.25) is 10.1 Å². The number of nitrogens with zero attached hydrogens (tertiary/aromatic N) is 1. The third-order valence-electron chi connectivity index (χ3n) is 1.05. The molecule has 0 saturated heterocycles. The van der Waals surface area contributed by atoms with Crippen molar-refractivity contribution in [2.45, 2.75) is 6.92 Å². The molecule has 5 nitrogen and oxygen atoms in total. The summed E-state index contributed by atoms with van der Waals surface area (Å²) in [6.45, 7) is 1.73. The van der Waals surface area contributed by atoms with E-state index in [4.69, 9.17) is 5.26 Å². The number of thiol groups is 2. The lowest BCUT2D eigenvalue weighted by atomic mass is 10.3. The maximum absolute atomic E-state index is 11.1. The van der Waals surface area contributed by atoms with E-state index in [-0.39, 0.29) is 16.4 Å². The summed E-state index contributed by atoms with van der Waals surface area (Å²) in [5, 5.41) is 10.3. The number of nitriles is 1. The van der Waals surface area contributed by atoms with E-state index in [1.165, 1.54) is 0 Å². The molecule has 2 amide bonds. The van der Waals surface area contributed by atoms with Crippen molar-refractivity contribution in [2.24, 2.45) is 0 Å². The Hall–Kier alpha value is -1.13. The molecule has 0 rings (SSSR count). The Morgan fingerprint density at radius 1 is 1.50 bits per heavy atom. The first kappa shape index (κ1) is 12.9. The minimum absolute atomic E-state index is 0.0608. The molecule has 0 heterocycles. The predicted molar refractivity (Wildman–Crippen MR) is 55.8 cm³/mol. The molecule has 1 N–H and O–H groups in total. The van der Waals surface area contributed by atoms with Crippen LogP contribution in [0.5, 0.6) is 0 Å². The number of alkyl carbamates (subject to hydrolysis) is 1. The van der Waals surface area contributed by atoms with Crippen LogP contribution in [0.15, 0.2) is 9.81 Å². The summed E-state index contributed by atoms with van der Waals surface area (Å²) in [5.74, 6) is -0.883. The van der Waals surface area contributed by atoms with Gasteiger partial charge in [0.15, 0.2) is 0 Å². The summed E-state index contributed by atoms with van der Waals surface area (Å²) in [6.07, 6.45) is -0.909. The Morgan fingerprint density at radius 3 is 2.43 bits per heavy atom. The zero-order chi connectivity index (χ0) is 11.1. The van der Waals surface area contributed by atoms with Gasteiger partial charge in [-0.15, -0.1) is 25.3 Å². The van der Waals surface area contributed by atoms with Crippen LogP contribution in [0.4, 0.5) is 4.79 Å². The Bertz CT molecular complexity index is 315. The SMILES string of the molecule is CCOC(=O)NC(=O)C(C#N)=C(S)S. The summed E-state index contributed by atoms with van der Waals surface area (Å²) in [6, 6.07) is 1.56. The van der Waals surface area contributed by atoms with Gasteiger partial charge in [-0.05, 0) is 6.92 Å². The molecule has 0 aromatic rings. The van der Waals surface area contributed by atoms with E-state index < -0.39 is 12.0 Å². The minimum atomic E-state index is -0.909. The predicted octanol–water partition coefficient (Wildman–Crippen LogP) is 0.854. The summed E-state index contributed by atoms with van der Waals surface area (Å²) >= 11 is 7.39. The summed E-state index contributed by atoms with van der Waals surface area (Å²) in [5.41, 5.74) is -0.343. The van der Waals surface area contributed by atoms with Gasteiger partial charge in [-0.1, -0.05) is 0 Å². The number of nitrogens with one attached hydrogen (secondary N) is 1. The van der Waals surface area contributed by atoms with Crippen molar-refractivity contribution in [3.8, 4) is 6.07 Å². The Balaban J connectivity index is 4.44. The number of carbonyl (C=O) groups excluding carboxylic acids is 2. The second-order valence-electron chi connectivity index (χ2n) is 1.99. The van der Waals surface area contributed by atoms with Gasteiger partial charge in [-0.25, -0.2) is 4.79 Å². The number of hydrogen-bond donors (Lipinski definition) is 3. The second-order valence-corrected chi connectivity index (χ2v) is 3.23. The third kappa shape index (κ3) is 4.20. The molecule has 0 unspecified atom stereocenters. The first-order chi connectivity index (χ1) is 6.52. The fourth-order valence-electron chi connectivity index (χ4n) is 0.525. The quantitative estimate of drug-likeness (QED) is 0.375. The molecule has 0 fully saturated rings. The Morgan fingerprint density at radius 2 is 2.07 bits per heavy atom. The van der Waals surface area contributed by atoms with Crippen molar-refractivity contribution in [3.63, 3.8) is 0 Å². The number of rotatable bonds is 2. The zero-order valence-corrected chi connectivity index (χ0v) is 9.06. The van der Waals surface area contributed by atoms with E-state index in [0.717, 1.165) is 0 Å². The Labute approximate surface area is 91.9 Å². The van der Waals surface area contributed by atoms with Crippen molar-refractivity contribution in [3.05, 3.63) is 9.81 Å². The normalized spacial score (nSPS) is 8.43. The molecule has 0 aromatic carbocycles. The lowest BCUT2D eigenvalue weighted by Crippen LogP contribution is -2.32. The van der Waals surface area contributed by atoms with Crippen molar-refractivity contribution in [2.75, 3.05) is 6.61 Å². The maximum atomic E-state index is 11.1. The number of amides is 2. The molecule has 0 aliphatic carbocycles. The smallest absolute Gasteiger partial charge is 0.414 e. The minimum Gasteiger partial charge on any atom is -0.450 e. The van der Waals surface area contributed by atoms with E-state index in [9.17, 15) is 9.59 Å². The molecule has 0 radical (unpaired) electrons. The lowest BCUT2D eigenvalue weighted by Gasteiger charge is -2.02. The largest absolute Gasteiger partial charge is 0.450 e. The molecule has 14 heavy (non-hydrogen) atoms. The lowest BCUT2D eigenvalue weighted by molar-refractivity contribution is -0.116. The molecule has 7 heteroatoms. The molecule has 0 aliphatic rings. The Kier molecular flexibility index (Phi) is 5.83. The van der Waals surface area contributed by atoms with Crippen LogP contribution in [0.2, 0.25) is 0 Å². The van der Waals surface area contributed by atoms with Gasteiger partial charge in [0.2, 0.25) is 0 Å². The van der Waals surface area contributed by atoms with E-state index in [2.05, 4.69) is 30.0 Å². The molecule has 0 bridgehead atoms. The number of hydrogen-bond acceptors (Lipinski definition) is 6. The van der Waals surface area contributed by atoms with Crippen LogP contribution in [-0.2, 0) is 9.53 Å². The fourth-order valence-corrected chi connectivity index (χ4v) is 0.828. The highest BCUT2D eigenvalue weighted by atomic mass is 32.2. The van der Waals surface area contributed by atoms with Crippen LogP contribution in [-0.4, -0.2) is 18.6 Å². The average Bonchev–Trinajstić information content (AvgIpc) is 2.04. The highest BCUT2D eigenvalue weighted by Gasteiger charge is 2.15. The molecule has 76 valence electrons. The number of ether oxygens (including phenoxy) is 1. The van der Waals surface area contributed by atoms with Gasteiger partial charge in [-0.2, -0.15) is 5.26 Å². The maximum Gasteiger partial charge on any atom is 0.414 e. The van der Waals surface area contributed by atoms with Gasteiger partial charge < -0.3 is 4.74 Å². The van der Waals surface area contributed by atoms with E-state index >= 15 is 0 Å². The van der Waals surface area contributed by atoms with E-state index in [0.29, 0.717) is 0 Å². The van der Waals surface area contributed by atoms with Gasteiger partial charge in [0.1, 0.15) is 11.6 Å². The first-order valence-electron chi connectivity index (χ1n) is 3.53. The summed E-state index contributed by atoms with van der Waals surface area (Å²) < 4.78 is 4.37. The van der Waals surface area contributed by atoms with Crippen molar-refractivity contribution >= 4 is 37.3 Å². The van der Waals surface area contributed by atoms with Crippen LogP contribution < -0.4 is 5.32 Å². The number of carbonyl (C=O) groups is 2. The van der Waals surface area contributed by atoms with Crippen LogP contribution in [0.1, 0.15) is 6.92 Å². The molecule has 0 aliphatic heterocycles. The van der Waals surface area contributed by atoms with Gasteiger partial charge >= 0.3 is 6.09 Å². The van der Waals surface area contributed by atoms with Gasteiger partial charge in [0.25, 0.3) is 5.91 Å². The van der Waals surface area contributed by atoms with E-state index in [1.54, 1.807) is 13.0 Å². The summed E-state index contributed by atoms with van der Waals surface area (Å²) in [4.78, 5) is 21.9. The van der Waals surface area contributed by atoms with E-state index in [1.807, 2.05) is 5.32 Å². The monoisotopic (exact) mass is 232 g/mol. The molecule has 0 spiro atoms. The fraction of sp³-hybridized carbons (Fsp3) is 0.286. The standard InChI is InChI=1S/C7H8N2O3S2/c1-2-12-7(11)9-5(10)4(3-8)6(13)14/h13-14H,2H2,1H3,(H,9,10,11). The molecular weight excluding hydrogens is 224 g/mol. The van der Waals surface area contributed by atoms with Crippen LogP contribution in [0, 0.1) is 11.3 Å². The molecular formula is C7H8N2O3S2. The molecule has 0 atom stereocenters. The topological polar surface area (TPSA) is 79.2 Å². The van der Waals surface area contributed by atoms with Crippen LogP contribution in [0.25, 0.3) is 0 Å². The first-order valence-corrected chi connectivity index (χ1v) is 4.42. The average molecular weight is 232 g/mol. The zero-order valence-electron chi connectivity index (χ0n) is 7.27.